The molecule has 0 fully saturated rings. The number of hydrogen-bond donors (Lipinski definition) is 4. The van der Waals surface area contributed by atoms with Crippen molar-refractivity contribution in [1.29, 1.82) is 0 Å². The fourth-order valence-corrected chi connectivity index (χ4v) is 2.41. The second kappa shape index (κ2) is 13.6. The fraction of sp³-hybridized carbons (Fsp3) is 0.786. The molecule has 4 N–H and O–H groups in total. The quantitative estimate of drug-likeness (QED) is 0.323. The Morgan fingerprint density at radius 1 is 0.864 bits per heavy atom. The molecule has 0 saturated heterocycles. The minimum atomic E-state index is -2.74. The number of aliphatic carboxylic acids is 3. The molecular weight excluding hydrogens is 346 g/mol. The predicted octanol–water partition coefficient (Wildman–Crippen LogP) is 2.06. The van der Waals surface area contributed by atoms with E-state index in [-0.39, 0.29) is 0 Å². The van der Waals surface area contributed by atoms with Crippen LogP contribution in [0.3, 0.4) is 0 Å². The summed E-state index contributed by atoms with van der Waals surface area (Å²) in [6.07, 6.45) is 6.46. The minimum absolute atomic E-state index is 1.14. The molecule has 0 aliphatic carbocycles. The van der Waals surface area contributed by atoms with Gasteiger partial charge in [-0.25, -0.2) is 4.79 Å². The van der Waals surface area contributed by atoms with E-state index in [2.05, 4.69) is 6.92 Å². The average molecular weight is 371 g/mol. The third kappa shape index (κ3) is 14.0. The third-order valence-electron chi connectivity index (χ3n) is 2.89. The van der Waals surface area contributed by atoms with Crippen LogP contribution in [0.2, 0.25) is 5.02 Å². The number of hydrogen-bond acceptors (Lipinski definition) is 4. The summed E-state index contributed by atoms with van der Waals surface area (Å²) in [5.74, 6) is -5.02. The van der Waals surface area contributed by atoms with Crippen molar-refractivity contribution in [3.05, 3.63) is 0 Å². The summed E-state index contributed by atoms with van der Waals surface area (Å²) in [4.78, 5) is 30.5. The first-order chi connectivity index (χ1) is 10.2. The van der Waals surface area contributed by atoms with Crippen molar-refractivity contribution < 1.29 is 53.1 Å². The Kier molecular flexibility index (Phi) is 14.4. The molecule has 0 spiro atoms. The van der Waals surface area contributed by atoms with Gasteiger partial charge in [0.15, 0.2) is 5.60 Å². The van der Waals surface area contributed by atoms with Crippen LogP contribution in [-0.2, 0) is 32.7 Å². The Morgan fingerprint density at radius 2 is 1.27 bits per heavy atom. The van der Waals surface area contributed by atoms with Gasteiger partial charge in [0.05, 0.1) is 12.8 Å². The number of rotatable bonds is 11. The maximum atomic E-state index is 10.3. The zero-order valence-corrected chi connectivity index (χ0v) is 16.1. The smallest absolute Gasteiger partial charge is 0.336 e. The van der Waals surface area contributed by atoms with Crippen LogP contribution in [0.5, 0.6) is 0 Å². The molecular formula is C14H25O7Zn. The van der Waals surface area contributed by atoms with Gasteiger partial charge in [-0.3, -0.25) is 9.59 Å². The molecule has 0 atom stereocenters. The Balaban J connectivity index is 0. The van der Waals surface area contributed by atoms with Crippen LogP contribution in [0, 0.1) is 0 Å². The molecule has 7 nitrogen and oxygen atoms in total. The molecule has 0 amide bonds. The van der Waals surface area contributed by atoms with Crippen LogP contribution in [0.4, 0.5) is 0 Å². The standard InChI is InChI=1S/C8H17.C6H8O7.Zn/c1-3-5-7-8-6-4-2;7-3(8)1-6(13,5(11)12)2-4(9)10;/h1,3-8H2,2H3;13H,1-2H2,(H,7,8)(H,9,10)(H,11,12);. The Labute approximate surface area is 140 Å². The molecule has 0 aromatic heterocycles. The van der Waals surface area contributed by atoms with Crippen LogP contribution < -0.4 is 0 Å². The van der Waals surface area contributed by atoms with Crippen LogP contribution >= 0.6 is 0 Å². The minimum Gasteiger partial charge on any atom is -0.481 e. The Morgan fingerprint density at radius 3 is 1.59 bits per heavy atom. The van der Waals surface area contributed by atoms with Crippen molar-refractivity contribution >= 4 is 17.9 Å². The summed E-state index contributed by atoms with van der Waals surface area (Å²) in [5.41, 5.74) is -2.74. The molecule has 8 heteroatoms. The monoisotopic (exact) mass is 369 g/mol. The van der Waals surface area contributed by atoms with E-state index < -0.39 is 36.4 Å². The van der Waals surface area contributed by atoms with Crippen molar-refractivity contribution in [2.24, 2.45) is 0 Å². The van der Waals surface area contributed by atoms with Gasteiger partial charge in [0.1, 0.15) is 0 Å². The van der Waals surface area contributed by atoms with Crippen molar-refractivity contribution in [3.8, 4) is 0 Å². The van der Waals surface area contributed by atoms with Gasteiger partial charge in [0, 0.05) is 0 Å². The molecule has 0 bridgehead atoms. The van der Waals surface area contributed by atoms with Gasteiger partial charge in [-0.2, -0.15) is 0 Å². The maximum Gasteiger partial charge on any atom is 0.336 e. The van der Waals surface area contributed by atoms with Crippen molar-refractivity contribution in [2.75, 3.05) is 0 Å². The summed E-state index contributed by atoms with van der Waals surface area (Å²) in [5, 5.41) is 35.3. The van der Waals surface area contributed by atoms with Gasteiger partial charge < -0.3 is 20.4 Å². The van der Waals surface area contributed by atoms with E-state index in [0.29, 0.717) is 0 Å². The first-order valence-corrected chi connectivity index (χ1v) is 9.48. The first kappa shape index (κ1) is 23.3. The van der Waals surface area contributed by atoms with E-state index in [0.717, 1.165) is 0 Å². The molecule has 0 saturated carbocycles. The van der Waals surface area contributed by atoms with Crippen molar-refractivity contribution in [1.82, 2.24) is 0 Å². The topological polar surface area (TPSA) is 132 Å². The van der Waals surface area contributed by atoms with E-state index in [9.17, 15) is 14.4 Å². The summed E-state index contributed by atoms with van der Waals surface area (Å²) in [6.45, 7) is 2.27. The van der Waals surface area contributed by atoms with E-state index in [1.807, 2.05) is 0 Å². The van der Waals surface area contributed by atoms with Gasteiger partial charge in [-0.1, -0.05) is 0 Å². The predicted molar refractivity (Wildman–Crippen MR) is 75.3 cm³/mol. The van der Waals surface area contributed by atoms with Crippen LogP contribution in [0.25, 0.3) is 0 Å². The molecule has 0 aliphatic heterocycles. The molecule has 0 radical (unpaired) electrons. The van der Waals surface area contributed by atoms with Crippen LogP contribution in [0.1, 0.15) is 58.3 Å². The van der Waals surface area contributed by atoms with Gasteiger partial charge >= 0.3 is 86.7 Å². The fourth-order valence-electron chi connectivity index (χ4n) is 1.67. The average Bonchev–Trinajstić information content (AvgIpc) is 2.37. The Hall–Kier alpha value is -1.01. The molecule has 125 valence electrons. The van der Waals surface area contributed by atoms with Crippen LogP contribution in [0.15, 0.2) is 0 Å². The first-order valence-electron chi connectivity index (χ1n) is 7.38. The number of carboxylic acid groups (broad SMARTS) is 3. The number of aliphatic hydroxyl groups is 1. The van der Waals surface area contributed by atoms with E-state index >= 15 is 0 Å². The van der Waals surface area contributed by atoms with Gasteiger partial charge in [-0.15, -0.1) is 0 Å². The SMILES string of the molecule is CCCCCCC[CH2][Zn].O=C(O)CC(O)(CC(=O)O)C(=O)O. The molecule has 0 rings (SSSR count). The summed E-state index contributed by atoms with van der Waals surface area (Å²) >= 11 is 1.49. The molecule has 0 unspecified atom stereocenters. The summed E-state index contributed by atoms with van der Waals surface area (Å²) < 4.78 is 0. The van der Waals surface area contributed by atoms with E-state index in [1.54, 1.807) is 0 Å². The molecule has 0 heterocycles. The number of carbonyl (C=O) groups is 3. The van der Waals surface area contributed by atoms with Gasteiger partial charge in [-0.05, 0) is 0 Å². The normalized spacial score (nSPS) is 10.5. The van der Waals surface area contributed by atoms with E-state index in [4.69, 9.17) is 20.4 Å². The van der Waals surface area contributed by atoms with Gasteiger partial charge in [0.25, 0.3) is 0 Å². The van der Waals surface area contributed by atoms with Crippen molar-refractivity contribution in [2.45, 2.75) is 68.9 Å². The third-order valence-corrected chi connectivity index (χ3v) is 3.94. The molecule has 0 aromatic rings. The zero-order valence-electron chi connectivity index (χ0n) is 13.1. The van der Waals surface area contributed by atoms with Crippen molar-refractivity contribution in [3.63, 3.8) is 0 Å². The zero-order chi connectivity index (χ0) is 17.6. The summed E-state index contributed by atoms with van der Waals surface area (Å²) in [7, 11) is 0. The largest absolute Gasteiger partial charge is 0.481 e. The maximum absolute atomic E-state index is 10.3. The number of unbranched alkanes of at least 4 members (excludes halogenated alkanes) is 5. The van der Waals surface area contributed by atoms with Gasteiger partial charge in [0.2, 0.25) is 0 Å². The second-order valence-electron chi connectivity index (χ2n) is 5.10. The number of carboxylic acids is 3. The Bertz CT molecular complexity index is 322. The van der Waals surface area contributed by atoms with Crippen LogP contribution in [-0.4, -0.2) is 43.9 Å². The molecule has 0 aromatic carbocycles. The molecule has 0 aliphatic rings. The van der Waals surface area contributed by atoms with E-state index in [1.165, 1.54) is 61.8 Å². The second-order valence-corrected chi connectivity index (χ2v) is 6.58. The molecule has 22 heavy (non-hydrogen) atoms. The summed E-state index contributed by atoms with van der Waals surface area (Å²) in [6, 6.07) is 0.